The summed E-state index contributed by atoms with van der Waals surface area (Å²) in [7, 11) is 0. The van der Waals surface area contributed by atoms with Gasteiger partial charge in [0.25, 0.3) is 5.91 Å². The smallest absolute Gasteiger partial charge is 0.255 e. The summed E-state index contributed by atoms with van der Waals surface area (Å²) < 4.78 is 1.90. The number of aromatic nitrogens is 2. The van der Waals surface area contributed by atoms with Crippen LogP contribution in [0.25, 0.3) is 0 Å². The molecule has 4 heteroatoms. The molecule has 0 spiro atoms. The van der Waals surface area contributed by atoms with Crippen molar-refractivity contribution in [1.29, 1.82) is 0 Å². The Kier molecular flexibility index (Phi) is 5.14. The van der Waals surface area contributed by atoms with E-state index in [2.05, 4.69) is 29.5 Å². The molecule has 1 heterocycles. The fourth-order valence-corrected chi connectivity index (χ4v) is 2.40. The lowest BCUT2D eigenvalue weighted by Gasteiger charge is -2.06. The molecule has 21 heavy (non-hydrogen) atoms. The first-order valence-corrected chi connectivity index (χ1v) is 7.49. The van der Waals surface area contributed by atoms with Gasteiger partial charge < -0.3 is 5.32 Å². The molecular formula is C17H23N3O. The summed E-state index contributed by atoms with van der Waals surface area (Å²) in [6.45, 7) is 7.37. The first-order valence-electron chi connectivity index (χ1n) is 7.49. The van der Waals surface area contributed by atoms with Gasteiger partial charge >= 0.3 is 0 Å². The van der Waals surface area contributed by atoms with Gasteiger partial charge in [-0.15, -0.1) is 0 Å². The summed E-state index contributed by atoms with van der Waals surface area (Å²) in [5, 5.41) is 7.48. The quantitative estimate of drug-likeness (QED) is 0.829. The van der Waals surface area contributed by atoms with Gasteiger partial charge in [0.15, 0.2) is 0 Å². The van der Waals surface area contributed by atoms with Crippen LogP contribution in [-0.4, -0.2) is 22.2 Å². The van der Waals surface area contributed by atoms with E-state index in [1.54, 1.807) is 0 Å². The number of rotatable bonds is 6. The molecule has 0 aliphatic carbocycles. The van der Waals surface area contributed by atoms with Crippen molar-refractivity contribution >= 4 is 5.91 Å². The third kappa shape index (κ3) is 3.72. The molecule has 0 saturated heterocycles. The van der Waals surface area contributed by atoms with Crippen molar-refractivity contribution in [2.45, 2.75) is 40.2 Å². The van der Waals surface area contributed by atoms with Crippen LogP contribution < -0.4 is 5.32 Å². The highest BCUT2D eigenvalue weighted by molar-refractivity contribution is 5.96. The van der Waals surface area contributed by atoms with E-state index in [4.69, 9.17) is 0 Å². The topological polar surface area (TPSA) is 46.9 Å². The van der Waals surface area contributed by atoms with Gasteiger partial charge in [-0.3, -0.25) is 9.48 Å². The van der Waals surface area contributed by atoms with Crippen LogP contribution in [0, 0.1) is 13.8 Å². The summed E-state index contributed by atoms with van der Waals surface area (Å²) in [5.41, 5.74) is 3.60. The molecule has 0 atom stereocenters. The number of unbranched alkanes of at least 4 members (excludes halogenated alkanes) is 1. The Balaban J connectivity index is 2.15. The van der Waals surface area contributed by atoms with Gasteiger partial charge in [0.05, 0.1) is 17.8 Å². The van der Waals surface area contributed by atoms with E-state index in [0.29, 0.717) is 12.1 Å². The van der Waals surface area contributed by atoms with Gasteiger partial charge in [-0.25, -0.2) is 0 Å². The normalized spacial score (nSPS) is 10.6. The molecule has 4 nitrogen and oxygen atoms in total. The zero-order valence-corrected chi connectivity index (χ0v) is 13.0. The van der Waals surface area contributed by atoms with E-state index >= 15 is 0 Å². The molecule has 0 fully saturated rings. The summed E-state index contributed by atoms with van der Waals surface area (Å²) in [4.78, 5) is 12.3. The number of hydrogen-bond donors (Lipinski definition) is 1. The Labute approximate surface area is 126 Å². The Morgan fingerprint density at radius 2 is 1.95 bits per heavy atom. The van der Waals surface area contributed by atoms with E-state index in [1.165, 1.54) is 5.56 Å². The van der Waals surface area contributed by atoms with Crippen molar-refractivity contribution in [2.24, 2.45) is 0 Å². The number of aryl methyl sites for hydroxylation is 1. The van der Waals surface area contributed by atoms with E-state index < -0.39 is 0 Å². The highest BCUT2D eigenvalue weighted by Gasteiger charge is 2.18. The largest absolute Gasteiger partial charge is 0.352 e. The number of carbonyl (C=O) groups excluding carboxylic acids is 1. The molecular weight excluding hydrogens is 262 g/mol. The van der Waals surface area contributed by atoms with Gasteiger partial charge in [0.1, 0.15) is 0 Å². The standard InChI is InChI=1S/C17H23N3O/c1-4-5-11-18-17(21)16-13(2)19-20(14(16)3)12-15-9-7-6-8-10-15/h6-10H,4-5,11-12H2,1-3H3,(H,18,21). The minimum absolute atomic E-state index is 0.0160. The van der Waals surface area contributed by atoms with Crippen LogP contribution >= 0.6 is 0 Å². The number of hydrogen-bond acceptors (Lipinski definition) is 2. The minimum atomic E-state index is -0.0160. The van der Waals surface area contributed by atoms with Crippen molar-refractivity contribution in [1.82, 2.24) is 15.1 Å². The van der Waals surface area contributed by atoms with Crippen molar-refractivity contribution < 1.29 is 4.79 Å². The molecule has 112 valence electrons. The minimum Gasteiger partial charge on any atom is -0.352 e. The molecule has 2 aromatic rings. The number of nitrogens with one attached hydrogen (secondary N) is 1. The zero-order chi connectivity index (χ0) is 15.2. The lowest BCUT2D eigenvalue weighted by Crippen LogP contribution is -2.25. The molecule has 2 rings (SSSR count). The lowest BCUT2D eigenvalue weighted by atomic mass is 10.1. The summed E-state index contributed by atoms with van der Waals surface area (Å²) in [6, 6.07) is 10.2. The molecule has 1 aromatic carbocycles. The highest BCUT2D eigenvalue weighted by Crippen LogP contribution is 2.14. The predicted octanol–water partition coefficient (Wildman–Crippen LogP) is 3.08. The fraction of sp³-hybridized carbons (Fsp3) is 0.412. The Bertz CT molecular complexity index is 602. The van der Waals surface area contributed by atoms with Gasteiger partial charge in [-0.2, -0.15) is 5.10 Å². The zero-order valence-electron chi connectivity index (χ0n) is 13.0. The van der Waals surface area contributed by atoms with Crippen LogP contribution in [0.2, 0.25) is 0 Å². The van der Waals surface area contributed by atoms with Crippen molar-refractivity contribution in [3.63, 3.8) is 0 Å². The third-order valence-corrected chi connectivity index (χ3v) is 3.60. The predicted molar refractivity (Wildman–Crippen MR) is 84.5 cm³/mol. The maximum absolute atomic E-state index is 12.3. The SMILES string of the molecule is CCCCNC(=O)c1c(C)nn(Cc2ccccc2)c1C. The molecule has 0 unspecified atom stereocenters. The summed E-state index contributed by atoms with van der Waals surface area (Å²) >= 11 is 0. The van der Waals surface area contributed by atoms with Crippen molar-refractivity contribution in [3.8, 4) is 0 Å². The number of carbonyl (C=O) groups is 1. The van der Waals surface area contributed by atoms with Gasteiger partial charge in [-0.05, 0) is 25.8 Å². The van der Waals surface area contributed by atoms with Crippen molar-refractivity contribution in [2.75, 3.05) is 6.54 Å². The van der Waals surface area contributed by atoms with Gasteiger partial charge in [0, 0.05) is 12.2 Å². The second-order valence-electron chi connectivity index (χ2n) is 5.30. The van der Waals surface area contributed by atoms with Crippen LogP contribution in [0.15, 0.2) is 30.3 Å². The molecule has 1 aromatic heterocycles. The highest BCUT2D eigenvalue weighted by atomic mass is 16.1. The van der Waals surface area contributed by atoms with Crippen LogP contribution in [0.3, 0.4) is 0 Å². The number of amides is 1. The molecule has 0 aliphatic heterocycles. The third-order valence-electron chi connectivity index (χ3n) is 3.60. The van der Waals surface area contributed by atoms with Crippen molar-refractivity contribution in [3.05, 3.63) is 52.8 Å². The molecule has 0 bridgehead atoms. The number of benzene rings is 1. The van der Waals surface area contributed by atoms with Crippen LogP contribution in [0.4, 0.5) is 0 Å². The second-order valence-corrected chi connectivity index (χ2v) is 5.30. The second kappa shape index (κ2) is 7.07. The average molecular weight is 285 g/mol. The van der Waals surface area contributed by atoms with E-state index in [1.807, 2.05) is 36.7 Å². The Morgan fingerprint density at radius 1 is 1.24 bits per heavy atom. The Hall–Kier alpha value is -2.10. The molecule has 1 amide bonds. The van der Waals surface area contributed by atoms with Crippen LogP contribution in [0.1, 0.15) is 47.1 Å². The first kappa shape index (κ1) is 15.3. The monoisotopic (exact) mass is 285 g/mol. The molecule has 1 N–H and O–H groups in total. The lowest BCUT2D eigenvalue weighted by molar-refractivity contribution is 0.0952. The van der Waals surface area contributed by atoms with Gasteiger partial charge in [-0.1, -0.05) is 43.7 Å². The molecule has 0 radical (unpaired) electrons. The average Bonchev–Trinajstić information content (AvgIpc) is 2.75. The maximum Gasteiger partial charge on any atom is 0.255 e. The number of nitrogens with zero attached hydrogens (tertiary/aromatic N) is 2. The fourth-order valence-electron chi connectivity index (χ4n) is 2.40. The summed E-state index contributed by atoms with van der Waals surface area (Å²) in [5.74, 6) is -0.0160. The van der Waals surface area contributed by atoms with Crippen LogP contribution in [-0.2, 0) is 6.54 Å². The molecule has 0 saturated carbocycles. The molecule has 0 aliphatic rings. The van der Waals surface area contributed by atoms with Crippen LogP contribution in [0.5, 0.6) is 0 Å². The van der Waals surface area contributed by atoms with E-state index in [9.17, 15) is 4.79 Å². The Morgan fingerprint density at radius 3 is 2.62 bits per heavy atom. The maximum atomic E-state index is 12.3. The van der Waals surface area contributed by atoms with E-state index in [0.717, 1.165) is 30.8 Å². The van der Waals surface area contributed by atoms with E-state index in [-0.39, 0.29) is 5.91 Å². The first-order chi connectivity index (χ1) is 10.1. The van der Waals surface area contributed by atoms with Gasteiger partial charge in [0.2, 0.25) is 0 Å². The summed E-state index contributed by atoms with van der Waals surface area (Å²) in [6.07, 6.45) is 2.08.